The molecule has 0 aliphatic carbocycles. The molecule has 6 rings (SSSR count). The van der Waals surface area contributed by atoms with E-state index >= 15 is 0 Å². The van der Waals surface area contributed by atoms with E-state index in [1.165, 1.54) is 58.7 Å². The van der Waals surface area contributed by atoms with Gasteiger partial charge in [-0.15, -0.1) is 0 Å². The summed E-state index contributed by atoms with van der Waals surface area (Å²) in [6.45, 7) is 24.3. The van der Waals surface area contributed by atoms with Crippen molar-refractivity contribution in [2.24, 2.45) is 0 Å². The van der Waals surface area contributed by atoms with Crippen molar-refractivity contribution >= 4 is 45.1 Å². The number of hydrogen-bond acceptors (Lipinski definition) is 2. The van der Waals surface area contributed by atoms with Crippen LogP contribution in [0.3, 0.4) is 0 Å². The number of fused-ring (bicyclic) bond motifs is 2. The second-order valence-corrected chi connectivity index (χ2v) is 15.3. The molecule has 0 N–H and O–H groups in total. The first kappa shape index (κ1) is 47.5. The molecule has 0 bridgehead atoms. The Morgan fingerprint density at radius 1 is 0.491 bits per heavy atom. The van der Waals surface area contributed by atoms with E-state index in [1.807, 2.05) is 12.1 Å². The minimum atomic E-state index is 0. The van der Waals surface area contributed by atoms with Gasteiger partial charge in [0.1, 0.15) is 0 Å². The third-order valence-electron chi connectivity index (χ3n) is 9.84. The van der Waals surface area contributed by atoms with Crippen molar-refractivity contribution in [2.75, 3.05) is 0 Å². The standard InChI is InChI=1S/2C23H30N3.2CH3.Zr/c2*1-6-7-14-26-15-13-18-11-12-21(25-23(18)26)24-22-19(16(2)3)9-8-10-20(22)17(4)5;;;/h2*8-13,15-17H,6-7,14H2,1-5H3;2*1H3;/q4*-1;+2. The molecular formula is C48H66N6Zr-2. The summed E-state index contributed by atoms with van der Waals surface area (Å²) in [5, 5.41) is 12.4. The molecule has 294 valence electrons. The van der Waals surface area contributed by atoms with Crippen molar-refractivity contribution in [3.8, 4) is 0 Å². The van der Waals surface area contributed by atoms with Crippen LogP contribution in [-0.4, -0.2) is 19.1 Å². The molecule has 4 heterocycles. The van der Waals surface area contributed by atoms with Crippen LogP contribution in [0.5, 0.6) is 0 Å². The summed E-state index contributed by atoms with van der Waals surface area (Å²) < 4.78 is 4.49. The van der Waals surface area contributed by atoms with Crippen LogP contribution in [0.2, 0.25) is 0 Å². The Kier molecular flexibility index (Phi) is 19.1. The summed E-state index contributed by atoms with van der Waals surface area (Å²) in [5.74, 6) is 3.33. The number of hydrogen-bond donors (Lipinski definition) is 0. The van der Waals surface area contributed by atoms with E-state index in [9.17, 15) is 0 Å². The predicted molar refractivity (Wildman–Crippen MR) is 237 cm³/mol. The third-order valence-corrected chi connectivity index (χ3v) is 9.84. The van der Waals surface area contributed by atoms with Gasteiger partial charge in [-0.1, -0.05) is 154 Å². The molecule has 4 aromatic heterocycles. The Balaban J connectivity index is 0.000000360. The molecule has 0 spiro atoms. The maximum Gasteiger partial charge on any atom is 2.00 e. The van der Waals surface area contributed by atoms with Gasteiger partial charge in [0.25, 0.3) is 0 Å². The summed E-state index contributed by atoms with van der Waals surface area (Å²) in [4.78, 5) is 9.76. The number of unbranched alkanes of at least 4 members (excludes halogenated alkanes) is 2. The van der Waals surface area contributed by atoms with Crippen LogP contribution < -0.4 is 0 Å². The molecule has 55 heavy (non-hydrogen) atoms. The van der Waals surface area contributed by atoms with E-state index in [0.29, 0.717) is 23.7 Å². The average Bonchev–Trinajstić information content (AvgIpc) is 3.72. The van der Waals surface area contributed by atoms with E-state index in [-0.39, 0.29) is 41.1 Å². The van der Waals surface area contributed by atoms with Gasteiger partial charge < -0.3 is 44.6 Å². The molecule has 6 nitrogen and oxygen atoms in total. The van der Waals surface area contributed by atoms with Gasteiger partial charge >= 0.3 is 26.2 Å². The van der Waals surface area contributed by atoms with Crippen molar-refractivity contribution in [3.05, 3.63) is 133 Å². The van der Waals surface area contributed by atoms with Crippen molar-refractivity contribution in [2.45, 2.75) is 132 Å². The first-order valence-electron chi connectivity index (χ1n) is 19.6. The summed E-state index contributed by atoms with van der Waals surface area (Å²) >= 11 is 0. The molecule has 0 unspecified atom stereocenters. The first-order chi connectivity index (χ1) is 25.0. The molecule has 2 aromatic carbocycles. The van der Waals surface area contributed by atoms with Crippen molar-refractivity contribution in [1.82, 2.24) is 19.1 Å². The third kappa shape index (κ3) is 11.7. The molecule has 0 radical (unpaired) electrons. The quantitative estimate of drug-likeness (QED) is 0.103. The molecule has 0 saturated carbocycles. The molecule has 7 heteroatoms. The summed E-state index contributed by atoms with van der Waals surface area (Å²) in [7, 11) is 0. The van der Waals surface area contributed by atoms with E-state index in [4.69, 9.17) is 20.6 Å². The molecular weight excluding hydrogens is 752 g/mol. The molecule has 0 aliphatic heterocycles. The minimum Gasteiger partial charge on any atom is -0.436 e. The van der Waals surface area contributed by atoms with Gasteiger partial charge in [0, 0.05) is 36.8 Å². The monoisotopic (exact) mass is 816 g/mol. The van der Waals surface area contributed by atoms with Crippen LogP contribution in [0.1, 0.15) is 141 Å². The summed E-state index contributed by atoms with van der Waals surface area (Å²) in [6.07, 6.45) is 8.98. The Labute approximate surface area is 353 Å². The number of pyridine rings is 2. The van der Waals surface area contributed by atoms with Crippen LogP contribution in [0.25, 0.3) is 32.7 Å². The molecule has 0 atom stereocenters. The van der Waals surface area contributed by atoms with Gasteiger partial charge in [-0.25, -0.2) is 0 Å². The fraction of sp³-hybridized carbons (Fsp3) is 0.417. The largest absolute Gasteiger partial charge is 2.00 e. The summed E-state index contributed by atoms with van der Waals surface area (Å²) in [5.41, 5.74) is 9.42. The fourth-order valence-electron chi connectivity index (χ4n) is 6.75. The fourth-order valence-corrected chi connectivity index (χ4v) is 6.75. The molecule has 0 aliphatic rings. The van der Waals surface area contributed by atoms with Gasteiger partial charge in [0.05, 0.1) is 0 Å². The summed E-state index contributed by atoms with van der Waals surface area (Å²) in [6, 6.07) is 25.7. The second kappa shape index (κ2) is 22.1. The van der Waals surface area contributed by atoms with Gasteiger partial charge in [-0.2, -0.15) is 0 Å². The van der Waals surface area contributed by atoms with Crippen LogP contribution in [0.15, 0.2) is 85.2 Å². The Bertz CT molecular complexity index is 1850. The van der Waals surface area contributed by atoms with E-state index in [2.05, 4.69) is 151 Å². The minimum absolute atomic E-state index is 0. The zero-order valence-corrected chi connectivity index (χ0v) is 38.3. The Morgan fingerprint density at radius 2 is 0.818 bits per heavy atom. The maximum absolute atomic E-state index is 5.01. The topological polar surface area (TPSA) is 63.8 Å². The van der Waals surface area contributed by atoms with E-state index < -0.39 is 0 Å². The van der Waals surface area contributed by atoms with E-state index in [0.717, 1.165) is 47.4 Å². The first-order valence-corrected chi connectivity index (χ1v) is 19.6. The predicted octanol–water partition coefficient (Wildman–Crippen LogP) is 15.7. The van der Waals surface area contributed by atoms with Crippen molar-refractivity contribution in [1.29, 1.82) is 0 Å². The molecule has 0 saturated heterocycles. The van der Waals surface area contributed by atoms with Gasteiger partial charge in [0.2, 0.25) is 0 Å². The molecule has 0 amide bonds. The number of aromatic nitrogens is 4. The smallest absolute Gasteiger partial charge is 0.436 e. The van der Waals surface area contributed by atoms with Gasteiger partial charge in [-0.05, 0) is 93.0 Å². The van der Waals surface area contributed by atoms with Gasteiger partial charge in [0.15, 0.2) is 0 Å². The number of benzene rings is 2. The zero-order valence-electron chi connectivity index (χ0n) is 35.8. The van der Waals surface area contributed by atoms with Crippen LogP contribution in [0, 0.1) is 14.9 Å². The van der Waals surface area contributed by atoms with Crippen LogP contribution in [0.4, 0.5) is 23.0 Å². The maximum atomic E-state index is 5.01. The number of nitrogens with zero attached hydrogens (tertiary/aromatic N) is 6. The van der Waals surface area contributed by atoms with Crippen LogP contribution in [-0.2, 0) is 39.3 Å². The van der Waals surface area contributed by atoms with E-state index in [1.54, 1.807) is 0 Å². The van der Waals surface area contributed by atoms with Crippen molar-refractivity contribution in [3.63, 3.8) is 0 Å². The second-order valence-electron chi connectivity index (χ2n) is 15.3. The Hall–Kier alpha value is -3.70. The number of para-hydroxylation sites is 2. The zero-order chi connectivity index (χ0) is 37.4. The molecule has 0 fully saturated rings. The van der Waals surface area contributed by atoms with Gasteiger partial charge in [-0.3, -0.25) is 0 Å². The van der Waals surface area contributed by atoms with Crippen LogP contribution >= 0.6 is 0 Å². The normalized spacial score (nSPS) is 11.0. The Morgan fingerprint density at radius 3 is 1.11 bits per heavy atom. The van der Waals surface area contributed by atoms with Crippen molar-refractivity contribution < 1.29 is 26.2 Å². The average molecular weight is 818 g/mol. The molecule has 6 aromatic rings. The SMILES string of the molecule is CCCCn1ccc2ccc([N-]c3c(C(C)C)cccc3C(C)C)nc21.CCCCn1ccc2ccc([N-]c3c(C(C)C)cccc3C(C)C)nc21.[CH3-].[CH3-].[Zr+2]. The number of rotatable bonds is 14. The number of aryl methyl sites for hydroxylation is 2.